The van der Waals surface area contributed by atoms with Gasteiger partial charge in [0.25, 0.3) is 5.91 Å². The molecule has 2 atom stereocenters. The topological polar surface area (TPSA) is 47.4 Å². The molecule has 0 bridgehead atoms. The SMILES string of the molecule is Cc1nn(Cc2cccc(C(=O)N3CC(C)OC(C)C3)c2)c(C)c1Br. The first kappa shape index (κ1) is 18.1. The fraction of sp³-hybridized carbons (Fsp3) is 0.474. The van der Waals surface area contributed by atoms with Crippen LogP contribution in [0.3, 0.4) is 0 Å². The minimum atomic E-state index is 0.0680. The molecule has 2 unspecified atom stereocenters. The largest absolute Gasteiger partial charge is 0.372 e. The van der Waals surface area contributed by atoms with Crippen molar-refractivity contribution in [3.8, 4) is 0 Å². The number of hydrogen-bond acceptors (Lipinski definition) is 3. The maximum absolute atomic E-state index is 12.9. The average molecular weight is 406 g/mol. The second-order valence-electron chi connectivity index (χ2n) is 6.81. The summed E-state index contributed by atoms with van der Waals surface area (Å²) in [5, 5.41) is 4.55. The summed E-state index contributed by atoms with van der Waals surface area (Å²) in [5.74, 6) is 0.0680. The zero-order valence-electron chi connectivity index (χ0n) is 15.1. The van der Waals surface area contributed by atoms with E-state index in [2.05, 4.69) is 21.0 Å². The Hall–Kier alpha value is -1.66. The number of halogens is 1. The predicted octanol–water partition coefficient (Wildman–Crippen LogP) is 3.56. The van der Waals surface area contributed by atoms with Crippen LogP contribution in [-0.4, -0.2) is 45.9 Å². The molecule has 1 aliphatic heterocycles. The zero-order valence-corrected chi connectivity index (χ0v) is 16.7. The number of aryl methyl sites for hydroxylation is 1. The number of hydrogen-bond donors (Lipinski definition) is 0. The minimum Gasteiger partial charge on any atom is -0.372 e. The first-order chi connectivity index (χ1) is 11.8. The number of carbonyl (C=O) groups is 1. The first-order valence-corrected chi connectivity index (χ1v) is 9.37. The van der Waals surface area contributed by atoms with Gasteiger partial charge in [0.15, 0.2) is 0 Å². The van der Waals surface area contributed by atoms with Crippen molar-refractivity contribution in [2.45, 2.75) is 46.4 Å². The Morgan fingerprint density at radius 2 is 1.96 bits per heavy atom. The second-order valence-corrected chi connectivity index (χ2v) is 7.60. The molecule has 2 heterocycles. The van der Waals surface area contributed by atoms with E-state index in [0.29, 0.717) is 19.6 Å². The van der Waals surface area contributed by atoms with Gasteiger partial charge < -0.3 is 9.64 Å². The van der Waals surface area contributed by atoms with Crippen molar-refractivity contribution >= 4 is 21.8 Å². The van der Waals surface area contributed by atoms with E-state index in [-0.39, 0.29) is 18.1 Å². The molecule has 5 nitrogen and oxygen atoms in total. The van der Waals surface area contributed by atoms with Crippen molar-refractivity contribution in [1.82, 2.24) is 14.7 Å². The maximum atomic E-state index is 12.9. The molecule has 3 rings (SSSR count). The molecule has 1 amide bonds. The highest BCUT2D eigenvalue weighted by Gasteiger charge is 2.26. The van der Waals surface area contributed by atoms with Crippen molar-refractivity contribution in [2.75, 3.05) is 13.1 Å². The van der Waals surface area contributed by atoms with Gasteiger partial charge in [-0.1, -0.05) is 12.1 Å². The Labute approximate surface area is 157 Å². The van der Waals surface area contributed by atoms with E-state index in [1.54, 1.807) is 0 Å². The van der Waals surface area contributed by atoms with Crippen LogP contribution in [0.5, 0.6) is 0 Å². The number of ether oxygens (including phenoxy) is 1. The average Bonchev–Trinajstić information content (AvgIpc) is 2.80. The maximum Gasteiger partial charge on any atom is 0.254 e. The lowest BCUT2D eigenvalue weighted by molar-refractivity contribution is -0.0586. The molecule has 0 radical (unpaired) electrons. The van der Waals surface area contributed by atoms with Crippen LogP contribution in [0.1, 0.15) is 41.2 Å². The van der Waals surface area contributed by atoms with Gasteiger partial charge in [-0.05, 0) is 61.3 Å². The van der Waals surface area contributed by atoms with E-state index in [9.17, 15) is 4.79 Å². The van der Waals surface area contributed by atoms with Gasteiger partial charge in [0.05, 0.1) is 34.6 Å². The third kappa shape index (κ3) is 3.96. The lowest BCUT2D eigenvalue weighted by Gasteiger charge is -2.35. The van der Waals surface area contributed by atoms with Gasteiger partial charge in [0.2, 0.25) is 0 Å². The molecule has 25 heavy (non-hydrogen) atoms. The number of aromatic nitrogens is 2. The van der Waals surface area contributed by atoms with Crippen LogP contribution in [0.2, 0.25) is 0 Å². The number of nitrogens with zero attached hydrogens (tertiary/aromatic N) is 3. The number of benzene rings is 1. The fourth-order valence-corrected chi connectivity index (χ4v) is 3.61. The first-order valence-electron chi connectivity index (χ1n) is 8.58. The molecule has 1 aliphatic rings. The van der Waals surface area contributed by atoms with Crippen molar-refractivity contribution in [2.24, 2.45) is 0 Å². The predicted molar refractivity (Wildman–Crippen MR) is 101 cm³/mol. The fourth-order valence-electron chi connectivity index (χ4n) is 3.33. The van der Waals surface area contributed by atoms with E-state index in [4.69, 9.17) is 4.74 Å². The molecule has 0 N–H and O–H groups in total. The van der Waals surface area contributed by atoms with Gasteiger partial charge in [-0.2, -0.15) is 5.10 Å². The highest BCUT2D eigenvalue weighted by atomic mass is 79.9. The van der Waals surface area contributed by atoms with Crippen molar-refractivity contribution in [3.05, 3.63) is 51.3 Å². The van der Waals surface area contributed by atoms with Gasteiger partial charge in [-0.15, -0.1) is 0 Å². The van der Waals surface area contributed by atoms with Gasteiger partial charge in [0, 0.05) is 18.7 Å². The molecule has 1 aromatic heterocycles. The molecule has 6 heteroatoms. The Kier molecular flexibility index (Phi) is 5.29. The Morgan fingerprint density at radius 1 is 1.28 bits per heavy atom. The van der Waals surface area contributed by atoms with Gasteiger partial charge in [-0.25, -0.2) is 0 Å². The number of amides is 1. The van der Waals surface area contributed by atoms with Crippen molar-refractivity contribution < 1.29 is 9.53 Å². The second kappa shape index (κ2) is 7.30. The summed E-state index contributed by atoms with van der Waals surface area (Å²) in [4.78, 5) is 14.7. The molecule has 0 saturated carbocycles. The van der Waals surface area contributed by atoms with Gasteiger partial charge in [0.1, 0.15) is 0 Å². The summed E-state index contributed by atoms with van der Waals surface area (Å²) in [6.45, 7) is 9.95. The Balaban J connectivity index is 1.79. The number of rotatable bonds is 3. The molecule has 134 valence electrons. The van der Waals surface area contributed by atoms with Crippen molar-refractivity contribution in [3.63, 3.8) is 0 Å². The molecule has 1 fully saturated rings. The van der Waals surface area contributed by atoms with E-state index in [0.717, 1.165) is 27.0 Å². The Bertz CT molecular complexity index is 777. The molecule has 0 aliphatic carbocycles. The lowest BCUT2D eigenvalue weighted by Crippen LogP contribution is -2.48. The minimum absolute atomic E-state index is 0.0680. The van der Waals surface area contributed by atoms with Crippen LogP contribution >= 0.6 is 15.9 Å². The smallest absolute Gasteiger partial charge is 0.254 e. The summed E-state index contributed by atoms with van der Waals surface area (Å²) < 4.78 is 8.72. The van der Waals surface area contributed by atoms with Crippen LogP contribution in [0.15, 0.2) is 28.7 Å². The van der Waals surface area contributed by atoms with E-state index in [1.807, 2.05) is 61.5 Å². The molecular formula is C19H24BrN3O2. The highest BCUT2D eigenvalue weighted by Crippen LogP contribution is 2.21. The number of morpholine rings is 1. The van der Waals surface area contributed by atoms with E-state index >= 15 is 0 Å². The van der Waals surface area contributed by atoms with Crippen LogP contribution in [0.4, 0.5) is 0 Å². The summed E-state index contributed by atoms with van der Waals surface area (Å²) in [7, 11) is 0. The standard InChI is InChI=1S/C19H24BrN3O2/c1-12-9-22(10-13(2)25-12)19(24)17-7-5-6-16(8-17)11-23-15(4)18(20)14(3)21-23/h5-8,12-13H,9-11H2,1-4H3. The number of carbonyl (C=O) groups excluding carboxylic acids is 1. The third-order valence-corrected chi connectivity index (χ3v) is 5.65. The lowest BCUT2D eigenvalue weighted by atomic mass is 10.1. The van der Waals surface area contributed by atoms with Crippen LogP contribution < -0.4 is 0 Å². The van der Waals surface area contributed by atoms with Crippen LogP contribution in [-0.2, 0) is 11.3 Å². The highest BCUT2D eigenvalue weighted by molar-refractivity contribution is 9.10. The quantitative estimate of drug-likeness (QED) is 0.783. The van der Waals surface area contributed by atoms with Crippen molar-refractivity contribution in [1.29, 1.82) is 0 Å². The van der Waals surface area contributed by atoms with Gasteiger partial charge in [-0.3, -0.25) is 9.48 Å². The normalized spacial score (nSPS) is 20.8. The van der Waals surface area contributed by atoms with Crippen LogP contribution in [0, 0.1) is 13.8 Å². The molecule has 1 aromatic carbocycles. The monoisotopic (exact) mass is 405 g/mol. The van der Waals surface area contributed by atoms with Crippen LogP contribution in [0.25, 0.3) is 0 Å². The van der Waals surface area contributed by atoms with Gasteiger partial charge >= 0.3 is 0 Å². The summed E-state index contributed by atoms with van der Waals surface area (Å²) >= 11 is 3.56. The molecule has 0 spiro atoms. The van der Waals surface area contributed by atoms with E-state index < -0.39 is 0 Å². The molecule has 2 aromatic rings. The zero-order chi connectivity index (χ0) is 18.1. The summed E-state index contributed by atoms with van der Waals surface area (Å²) in [6, 6.07) is 7.83. The Morgan fingerprint density at radius 3 is 2.56 bits per heavy atom. The third-order valence-electron chi connectivity index (χ3n) is 4.51. The molecular weight excluding hydrogens is 382 g/mol. The van der Waals surface area contributed by atoms with E-state index in [1.165, 1.54) is 0 Å². The summed E-state index contributed by atoms with van der Waals surface area (Å²) in [5.41, 5.74) is 3.85. The summed E-state index contributed by atoms with van der Waals surface area (Å²) in [6.07, 6.45) is 0.144. The molecule has 1 saturated heterocycles.